The van der Waals surface area contributed by atoms with Crippen LogP contribution in [0.15, 0.2) is 42.5 Å². The highest BCUT2D eigenvalue weighted by atomic mass is 19.1. The van der Waals surface area contributed by atoms with E-state index in [1.807, 2.05) is 19.9 Å². The minimum absolute atomic E-state index is 0.0754. The molecule has 2 aromatic carbocycles. The maximum atomic E-state index is 12.9. The topological polar surface area (TPSA) is 55.2 Å². The standard InChI is InChI=1S/C16H17FN2O2/c1-11-7-15(10-16(8-11)19(20)21)18-12(2)9-13-3-5-14(17)6-4-13/h3-8,10,12,18H,9H2,1-2H3. The van der Waals surface area contributed by atoms with Gasteiger partial charge in [0, 0.05) is 23.9 Å². The molecule has 5 heteroatoms. The number of non-ortho nitro benzene ring substituents is 1. The van der Waals surface area contributed by atoms with Gasteiger partial charge in [-0.15, -0.1) is 0 Å². The van der Waals surface area contributed by atoms with Gasteiger partial charge < -0.3 is 5.32 Å². The predicted octanol–water partition coefficient (Wildman–Crippen LogP) is 4.09. The lowest BCUT2D eigenvalue weighted by Crippen LogP contribution is -2.18. The number of hydrogen-bond donors (Lipinski definition) is 1. The molecule has 0 radical (unpaired) electrons. The third-order valence-electron chi connectivity index (χ3n) is 3.14. The molecule has 0 heterocycles. The van der Waals surface area contributed by atoms with Crippen LogP contribution in [0.2, 0.25) is 0 Å². The Morgan fingerprint density at radius 1 is 1.24 bits per heavy atom. The van der Waals surface area contributed by atoms with Crippen LogP contribution in [0.1, 0.15) is 18.1 Å². The average Bonchev–Trinajstić information content (AvgIpc) is 2.40. The normalized spacial score (nSPS) is 12.0. The van der Waals surface area contributed by atoms with Crippen molar-refractivity contribution in [1.82, 2.24) is 0 Å². The van der Waals surface area contributed by atoms with Gasteiger partial charge in [-0.3, -0.25) is 10.1 Å². The molecule has 0 bridgehead atoms. The summed E-state index contributed by atoms with van der Waals surface area (Å²) in [6.45, 7) is 3.81. The summed E-state index contributed by atoms with van der Waals surface area (Å²) in [6, 6.07) is 11.4. The maximum absolute atomic E-state index is 12.9. The highest BCUT2D eigenvalue weighted by Crippen LogP contribution is 2.21. The Bertz CT molecular complexity index is 641. The molecule has 0 aliphatic rings. The Balaban J connectivity index is 2.07. The number of rotatable bonds is 5. The zero-order valence-electron chi connectivity index (χ0n) is 12.0. The molecule has 0 saturated heterocycles. The second-order valence-electron chi connectivity index (χ2n) is 5.19. The quantitative estimate of drug-likeness (QED) is 0.666. The van der Waals surface area contributed by atoms with Gasteiger partial charge in [0.05, 0.1) is 4.92 Å². The van der Waals surface area contributed by atoms with E-state index in [1.165, 1.54) is 24.3 Å². The lowest BCUT2D eigenvalue weighted by Gasteiger charge is -2.15. The van der Waals surface area contributed by atoms with Crippen molar-refractivity contribution in [2.24, 2.45) is 0 Å². The van der Waals surface area contributed by atoms with Crippen molar-refractivity contribution in [3.63, 3.8) is 0 Å². The van der Waals surface area contributed by atoms with Gasteiger partial charge in [0.25, 0.3) is 5.69 Å². The lowest BCUT2D eigenvalue weighted by molar-refractivity contribution is -0.384. The highest BCUT2D eigenvalue weighted by molar-refractivity contribution is 5.54. The Hall–Kier alpha value is -2.43. The summed E-state index contributed by atoms with van der Waals surface area (Å²) in [5, 5.41) is 14.1. The second kappa shape index (κ2) is 6.35. The van der Waals surface area contributed by atoms with Crippen LogP contribution in [-0.4, -0.2) is 11.0 Å². The Kier molecular flexibility index (Phi) is 4.52. The van der Waals surface area contributed by atoms with Crippen molar-refractivity contribution in [1.29, 1.82) is 0 Å². The number of nitro groups is 1. The largest absolute Gasteiger partial charge is 0.382 e. The van der Waals surface area contributed by atoms with Crippen molar-refractivity contribution < 1.29 is 9.31 Å². The number of nitro benzene ring substituents is 1. The number of halogens is 1. The minimum Gasteiger partial charge on any atom is -0.382 e. The molecule has 0 saturated carbocycles. The first-order valence-electron chi connectivity index (χ1n) is 6.71. The molecule has 4 nitrogen and oxygen atoms in total. The molecule has 0 spiro atoms. The van der Waals surface area contributed by atoms with Crippen molar-refractivity contribution in [2.75, 3.05) is 5.32 Å². The summed E-state index contributed by atoms with van der Waals surface area (Å²) in [7, 11) is 0. The number of anilines is 1. The molecule has 2 rings (SSSR count). The predicted molar refractivity (Wildman–Crippen MR) is 81.0 cm³/mol. The molecule has 1 unspecified atom stereocenters. The summed E-state index contributed by atoms with van der Waals surface area (Å²) in [5.74, 6) is -0.256. The summed E-state index contributed by atoms with van der Waals surface area (Å²) in [4.78, 5) is 10.5. The van der Waals surface area contributed by atoms with Crippen LogP contribution in [0.3, 0.4) is 0 Å². The zero-order chi connectivity index (χ0) is 15.4. The van der Waals surface area contributed by atoms with Crippen LogP contribution in [0.4, 0.5) is 15.8 Å². The van der Waals surface area contributed by atoms with E-state index in [-0.39, 0.29) is 17.5 Å². The van der Waals surface area contributed by atoms with E-state index in [4.69, 9.17) is 0 Å². The molecular weight excluding hydrogens is 271 g/mol. The second-order valence-corrected chi connectivity index (χ2v) is 5.19. The third kappa shape index (κ3) is 4.27. The zero-order valence-corrected chi connectivity index (χ0v) is 12.0. The third-order valence-corrected chi connectivity index (χ3v) is 3.14. The van der Waals surface area contributed by atoms with Crippen LogP contribution in [-0.2, 0) is 6.42 Å². The van der Waals surface area contributed by atoms with E-state index in [2.05, 4.69) is 5.32 Å². The van der Waals surface area contributed by atoms with Gasteiger partial charge in [-0.25, -0.2) is 4.39 Å². The number of benzene rings is 2. The molecule has 2 aromatic rings. The summed E-state index contributed by atoms with van der Waals surface area (Å²) in [5.41, 5.74) is 2.64. The maximum Gasteiger partial charge on any atom is 0.271 e. The van der Waals surface area contributed by atoms with Gasteiger partial charge in [0.2, 0.25) is 0 Å². The number of nitrogens with one attached hydrogen (secondary N) is 1. The molecule has 0 aromatic heterocycles. The number of hydrogen-bond acceptors (Lipinski definition) is 3. The molecule has 0 aliphatic carbocycles. The van der Waals surface area contributed by atoms with Gasteiger partial charge in [-0.2, -0.15) is 0 Å². The van der Waals surface area contributed by atoms with Crippen molar-refractivity contribution in [2.45, 2.75) is 26.3 Å². The first-order valence-corrected chi connectivity index (χ1v) is 6.71. The van der Waals surface area contributed by atoms with Gasteiger partial charge in [-0.1, -0.05) is 12.1 Å². The lowest BCUT2D eigenvalue weighted by atomic mass is 10.1. The first kappa shape index (κ1) is 15.0. The molecule has 110 valence electrons. The fourth-order valence-electron chi connectivity index (χ4n) is 2.26. The van der Waals surface area contributed by atoms with Gasteiger partial charge in [0.15, 0.2) is 0 Å². The first-order chi connectivity index (χ1) is 9.94. The van der Waals surface area contributed by atoms with E-state index >= 15 is 0 Å². The molecule has 0 aliphatic heterocycles. The van der Waals surface area contributed by atoms with E-state index in [9.17, 15) is 14.5 Å². The fraction of sp³-hybridized carbons (Fsp3) is 0.250. The van der Waals surface area contributed by atoms with Crippen molar-refractivity contribution >= 4 is 11.4 Å². The molecular formula is C16H17FN2O2. The van der Waals surface area contributed by atoms with E-state index in [1.54, 1.807) is 12.1 Å². The molecule has 1 atom stereocenters. The van der Waals surface area contributed by atoms with E-state index in [0.717, 1.165) is 16.8 Å². The molecule has 21 heavy (non-hydrogen) atoms. The van der Waals surface area contributed by atoms with Crippen LogP contribution in [0.5, 0.6) is 0 Å². The van der Waals surface area contributed by atoms with E-state index in [0.29, 0.717) is 6.42 Å². The van der Waals surface area contributed by atoms with E-state index < -0.39 is 4.92 Å². The van der Waals surface area contributed by atoms with Crippen molar-refractivity contribution in [3.05, 3.63) is 69.5 Å². The van der Waals surface area contributed by atoms with Crippen LogP contribution < -0.4 is 5.32 Å². The minimum atomic E-state index is -0.400. The monoisotopic (exact) mass is 288 g/mol. The summed E-state index contributed by atoms with van der Waals surface area (Å²) >= 11 is 0. The SMILES string of the molecule is Cc1cc(NC(C)Cc2ccc(F)cc2)cc([N+](=O)[O-])c1. The van der Waals surface area contributed by atoms with Crippen LogP contribution >= 0.6 is 0 Å². The highest BCUT2D eigenvalue weighted by Gasteiger charge is 2.10. The Morgan fingerprint density at radius 2 is 1.90 bits per heavy atom. The van der Waals surface area contributed by atoms with Gasteiger partial charge in [0.1, 0.15) is 5.82 Å². The smallest absolute Gasteiger partial charge is 0.271 e. The molecule has 0 amide bonds. The molecule has 1 N–H and O–H groups in total. The Labute approximate surface area is 122 Å². The van der Waals surface area contributed by atoms with Gasteiger partial charge >= 0.3 is 0 Å². The van der Waals surface area contributed by atoms with Crippen LogP contribution in [0, 0.1) is 22.9 Å². The molecule has 0 fully saturated rings. The Morgan fingerprint density at radius 3 is 2.52 bits per heavy atom. The van der Waals surface area contributed by atoms with Gasteiger partial charge in [-0.05, 0) is 49.6 Å². The summed E-state index contributed by atoms with van der Waals surface area (Å²) < 4.78 is 12.9. The van der Waals surface area contributed by atoms with Crippen molar-refractivity contribution in [3.8, 4) is 0 Å². The number of aryl methyl sites for hydroxylation is 1. The number of nitrogens with zero attached hydrogens (tertiary/aromatic N) is 1. The summed E-state index contributed by atoms with van der Waals surface area (Å²) in [6.07, 6.45) is 0.710. The average molecular weight is 288 g/mol. The van der Waals surface area contributed by atoms with Crippen LogP contribution in [0.25, 0.3) is 0 Å². The fourth-order valence-corrected chi connectivity index (χ4v) is 2.26.